The van der Waals surface area contributed by atoms with Crippen molar-refractivity contribution < 1.29 is 9.53 Å². The molecule has 0 unspecified atom stereocenters. The molecule has 2 aliphatic heterocycles. The van der Waals surface area contributed by atoms with Crippen LogP contribution in [0.2, 0.25) is 0 Å². The van der Waals surface area contributed by atoms with Crippen molar-refractivity contribution in [2.45, 2.75) is 13.5 Å². The Morgan fingerprint density at radius 2 is 1.88 bits per heavy atom. The third-order valence-corrected chi connectivity index (χ3v) is 7.01. The van der Waals surface area contributed by atoms with Gasteiger partial charge in [-0.25, -0.2) is 4.98 Å². The number of carbonyl (C=O) groups is 1. The number of pyridine rings is 1. The standard InChI is InChI=1S/C24H22N4O3S2/c1-16-7-8-20-25-21(26-9-11-31-12-10-26)18(22(29)27(20)14-16)13-19-23(30)28(24(32)33-19)15-17-5-3-2-4-6-17/h2-8,13-14H,9-12,15H2,1H3/b19-13-. The van der Waals surface area contributed by atoms with Gasteiger partial charge in [0.05, 0.1) is 30.2 Å². The Bertz CT molecular complexity index is 1330. The van der Waals surface area contributed by atoms with Gasteiger partial charge in [0.15, 0.2) is 0 Å². The van der Waals surface area contributed by atoms with Gasteiger partial charge in [0.2, 0.25) is 0 Å². The first kappa shape index (κ1) is 21.8. The summed E-state index contributed by atoms with van der Waals surface area (Å²) < 4.78 is 7.50. The number of morpholine rings is 1. The largest absolute Gasteiger partial charge is 0.378 e. The molecule has 4 heterocycles. The maximum Gasteiger partial charge on any atom is 0.267 e. The lowest BCUT2D eigenvalue weighted by molar-refractivity contribution is -0.122. The number of rotatable bonds is 4. The summed E-state index contributed by atoms with van der Waals surface area (Å²) in [7, 11) is 0. The highest BCUT2D eigenvalue weighted by Crippen LogP contribution is 2.34. The molecule has 0 N–H and O–H groups in total. The molecule has 33 heavy (non-hydrogen) atoms. The highest BCUT2D eigenvalue weighted by atomic mass is 32.2. The van der Waals surface area contributed by atoms with E-state index in [4.69, 9.17) is 21.9 Å². The van der Waals surface area contributed by atoms with E-state index in [1.807, 2.05) is 54.3 Å². The summed E-state index contributed by atoms with van der Waals surface area (Å²) in [4.78, 5) is 35.6. The van der Waals surface area contributed by atoms with Gasteiger partial charge < -0.3 is 9.64 Å². The molecule has 9 heteroatoms. The van der Waals surface area contributed by atoms with Crippen LogP contribution in [0.1, 0.15) is 16.7 Å². The number of anilines is 1. The molecule has 0 radical (unpaired) electrons. The number of benzene rings is 1. The number of hydrogen-bond acceptors (Lipinski definition) is 7. The van der Waals surface area contributed by atoms with E-state index in [1.165, 1.54) is 16.2 Å². The Balaban J connectivity index is 1.58. The zero-order chi connectivity index (χ0) is 22.9. The fraction of sp³-hybridized carbons (Fsp3) is 0.250. The number of amides is 1. The van der Waals surface area contributed by atoms with E-state index in [2.05, 4.69) is 0 Å². The van der Waals surface area contributed by atoms with E-state index in [9.17, 15) is 9.59 Å². The predicted molar refractivity (Wildman–Crippen MR) is 134 cm³/mol. The van der Waals surface area contributed by atoms with Crippen LogP contribution in [0.4, 0.5) is 5.82 Å². The lowest BCUT2D eigenvalue weighted by Gasteiger charge is -2.29. The van der Waals surface area contributed by atoms with Crippen LogP contribution >= 0.6 is 24.0 Å². The zero-order valence-corrected chi connectivity index (χ0v) is 19.7. The van der Waals surface area contributed by atoms with Gasteiger partial charge in [-0.2, -0.15) is 0 Å². The first-order valence-corrected chi connectivity index (χ1v) is 11.9. The maximum atomic E-state index is 13.5. The number of hydrogen-bond donors (Lipinski definition) is 0. The summed E-state index contributed by atoms with van der Waals surface area (Å²) in [5, 5.41) is 0. The van der Waals surface area contributed by atoms with Gasteiger partial charge >= 0.3 is 0 Å². The number of ether oxygens (including phenoxy) is 1. The molecular formula is C24H22N4O3S2. The third kappa shape index (κ3) is 4.31. The van der Waals surface area contributed by atoms with Crippen LogP contribution in [0.5, 0.6) is 0 Å². The molecular weight excluding hydrogens is 456 g/mol. The molecule has 0 spiro atoms. The molecule has 2 aliphatic rings. The van der Waals surface area contributed by atoms with Crippen LogP contribution < -0.4 is 10.5 Å². The minimum Gasteiger partial charge on any atom is -0.378 e. The predicted octanol–water partition coefficient (Wildman–Crippen LogP) is 3.24. The number of nitrogens with zero attached hydrogens (tertiary/aromatic N) is 4. The number of thiocarbonyl (C=S) groups is 1. The minimum absolute atomic E-state index is 0.199. The number of thioether (sulfide) groups is 1. The second kappa shape index (κ2) is 9.09. The Hall–Kier alpha value is -3.01. The van der Waals surface area contributed by atoms with Crippen LogP contribution in [0.3, 0.4) is 0 Å². The first-order valence-electron chi connectivity index (χ1n) is 10.7. The molecule has 7 nitrogen and oxygen atoms in total. The van der Waals surface area contributed by atoms with Crippen molar-refractivity contribution in [3.63, 3.8) is 0 Å². The molecule has 3 aromatic rings. The van der Waals surface area contributed by atoms with E-state index in [0.717, 1.165) is 11.1 Å². The highest BCUT2D eigenvalue weighted by molar-refractivity contribution is 8.26. The van der Waals surface area contributed by atoms with Crippen molar-refractivity contribution in [3.05, 3.63) is 80.6 Å². The van der Waals surface area contributed by atoms with E-state index in [0.29, 0.717) is 59.1 Å². The number of fused-ring (bicyclic) bond motifs is 1. The lowest BCUT2D eigenvalue weighted by atomic mass is 10.2. The van der Waals surface area contributed by atoms with Gasteiger partial charge in [-0.3, -0.25) is 18.9 Å². The van der Waals surface area contributed by atoms with E-state index < -0.39 is 0 Å². The quantitative estimate of drug-likeness (QED) is 0.421. The van der Waals surface area contributed by atoms with Crippen LogP contribution in [0, 0.1) is 6.92 Å². The second-order valence-electron chi connectivity index (χ2n) is 7.94. The average molecular weight is 479 g/mol. The summed E-state index contributed by atoms with van der Waals surface area (Å²) in [6.07, 6.45) is 3.42. The molecule has 0 bridgehead atoms. The van der Waals surface area contributed by atoms with Crippen LogP contribution in [-0.2, 0) is 16.1 Å². The van der Waals surface area contributed by atoms with E-state index in [1.54, 1.807) is 17.2 Å². The summed E-state index contributed by atoms with van der Waals surface area (Å²) in [6, 6.07) is 13.5. The number of aromatic nitrogens is 2. The van der Waals surface area contributed by atoms with Crippen molar-refractivity contribution in [1.82, 2.24) is 14.3 Å². The van der Waals surface area contributed by atoms with Gasteiger partial charge in [0.25, 0.3) is 11.5 Å². The fourth-order valence-corrected chi connectivity index (χ4v) is 5.16. The fourth-order valence-electron chi connectivity index (χ4n) is 3.92. The summed E-state index contributed by atoms with van der Waals surface area (Å²) >= 11 is 6.71. The first-order chi connectivity index (χ1) is 16.0. The third-order valence-electron chi connectivity index (χ3n) is 5.63. The summed E-state index contributed by atoms with van der Waals surface area (Å²) in [6.45, 7) is 4.71. The Morgan fingerprint density at radius 3 is 2.64 bits per heavy atom. The van der Waals surface area contributed by atoms with Gasteiger partial charge in [-0.1, -0.05) is 60.4 Å². The molecule has 0 atom stereocenters. The van der Waals surface area contributed by atoms with E-state index >= 15 is 0 Å². The Labute approximate surface area is 200 Å². The molecule has 1 amide bonds. The maximum absolute atomic E-state index is 13.5. The van der Waals surface area contributed by atoms with Crippen LogP contribution in [0.25, 0.3) is 11.7 Å². The van der Waals surface area contributed by atoms with Crippen molar-refractivity contribution >= 4 is 51.7 Å². The molecule has 2 fully saturated rings. The summed E-state index contributed by atoms with van der Waals surface area (Å²) in [5.74, 6) is 0.371. The Morgan fingerprint density at radius 1 is 1.12 bits per heavy atom. The van der Waals surface area contributed by atoms with Crippen molar-refractivity contribution in [2.24, 2.45) is 0 Å². The number of aryl methyl sites for hydroxylation is 1. The molecule has 2 aromatic heterocycles. The second-order valence-corrected chi connectivity index (χ2v) is 9.62. The molecule has 5 rings (SSSR count). The zero-order valence-electron chi connectivity index (χ0n) is 18.1. The van der Waals surface area contributed by atoms with Crippen LogP contribution in [0.15, 0.2) is 58.4 Å². The average Bonchev–Trinajstić information content (AvgIpc) is 3.09. The molecule has 0 saturated carbocycles. The molecule has 0 aliphatic carbocycles. The molecule has 1 aromatic carbocycles. The van der Waals surface area contributed by atoms with Gasteiger partial charge in [0, 0.05) is 19.3 Å². The van der Waals surface area contributed by atoms with Gasteiger partial charge in [-0.05, 0) is 30.2 Å². The molecule has 2 saturated heterocycles. The van der Waals surface area contributed by atoms with Crippen molar-refractivity contribution in [1.29, 1.82) is 0 Å². The van der Waals surface area contributed by atoms with E-state index in [-0.39, 0.29) is 11.5 Å². The van der Waals surface area contributed by atoms with Crippen molar-refractivity contribution in [3.8, 4) is 0 Å². The molecule has 168 valence electrons. The minimum atomic E-state index is -0.210. The Kier molecular flexibility index (Phi) is 6.01. The summed E-state index contributed by atoms with van der Waals surface area (Å²) in [5.41, 5.74) is 2.69. The highest BCUT2D eigenvalue weighted by Gasteiger charge is 2.33. The van der Waals surface area contributed by atoms with Gasteiger partial charge in [-0.15, -0.1) is 0 Å². The SMILES string of the molecule is Cc1ccc2nc(N3CCOCC3)c(/C=C3\SC(=S)N(Cc4ccccc4)C3=O)c(=O)n2c1. The topological polar surface area (TPSA) is 67.2 Å². The monoisotopic (exact) mass is 478 g/mol. The van der Waals surface area contributed by atoms with Crippen molar-refractivity contribution in [2.75, 3.05) is 31.2 Å². The smallest absolute Gasteiger partial charge is 0.267 e. The lowest BCUT2D eigenvalue weighted by Crippen LogP contribution is -2.38. The van der Waals surface area contributed by atoms with Crippen LogP contribution in [-0.4, -0.2) is 50.8 Å². The number of carbonyl (C=O) groups excluding carboxylic acids is 1. The van der Waals surface area contributed by atoms with Gasteiger partial charge in [0.1, 0.15) is 15.8 Å². The normalized spacial score (nSPS) is 18.0.